The summed E-state index contributed by atoms with van der Waals surface area (Å²) < 4.78 is 38.0. The van der Waals surface area contributed by atoms with Crippen molar-refractivity contribution in [2.75, 3.05) is 11.4 Å². The van der Waals surface area contributed by atoms with E-state index in [-0.39, 0.29) is 11.5 Å². The van der Waals surface area contributed by atoms with Crippen LogP contribution in [0.1, 0.15) is 29.3 Å². The molecular formula is C18H16F3NOS. The molecule has 24 heavy (non-hydrogen) atoms. The first-order valence-corrected chi connectivity index (χ1v) is 8.49. The Bertz CT molecular complexity index is 743. The standard InChI is InChI=1S/C18H16F3NOS/c1-12-10-11-22(15-4-2-3-5-16(15)24-12)17(23)13-6-8-14(9-7-13)18(19,20)21/h2-9,12H,10-11H2,1H3/t12-/m0/s1. The van der Waals surface area contributed by atoms with Gasteiger partial charge in [0.2, 0.25) is 0 Å². The van der Waals surface area contributed by atoms with Gasteiger partial charge in [-0.25, -0.2) is 0 Å². The Morgan fingerprint density at radius 3 is 2.46 bits per heavy atom. The molecule has 0 saturated heterocycles. The number of amides is 1. The van der Waals surface area contributed by atoms with Crippen molar-refractivity contribution in [2.45, 2.75) is 29.7 Å². The zero-order valence-corrected chi connectivity index (χ0v) is 13.8. The molecule has 0 N–H and O–H groups in total. The fraction of sp³-hybridized carbons (Fsp3) is 0.278. The van der Waals surface area contributed by atoms with Gasteiger partial charge in [0.1, 0.15) is 0 Å². The van der Waals surface area contributed by atoms with Crippen molar-refractivity contribution < 1.29 is 18.0 Å². The molecule has 0 unspecified atom stereocenters. The summed E-state index contributed by atoms with van der Waals surface area (Å²) in [6.07, 6.45) is -3.57. The van der Waals surface area contributed by atoms with Gasteiger partial charge in [0.25, 0.3) is 5.91 Å². The van der Waals surface area contributed by atoms with Crippen LogP contribution in [0.4, 0.5) is 18.9 Å². The van der Waals surface area contributed by atoms with Crippen LogP contribution in [0.3, 0.4) is 0 Å². The molecule has 1 aliphatic rings. The van der Waals surface area contributed by atoms with Gasteiger partial charge in [-0.3, -0.25) is 4.79 Å². The van der Waals surface area contributed by atoms with Crippen molar-refractivity contribution in [1.82, 2.24) is 0 Å². The van der Waals surface area contributed by atoms with Crippen LogP contribution >= 0.6 is 11.8 Å². The molecule has 0 fully saturated rings. The first kappa shape index (κ1) is 16.9. The predicted octanol–water partition coefficient (Wildman–Crippen LogP) is 5.24. The second kappa shape index (κ2) is 6.51. The fourth-order valence-electron chi connectivity index (χ4n) is 2.66. The number of halogens is 3. The molecule has 1 heterocycles. The molecule has 6 heteroatoms. The van der Waals surface area contributed by atoms with Gasteiger partial charge in [-0.15, -0.1) is 11.8 Å². The molecule has 0 aliphatic carbocycles. The second-order valence-electron chi connectivity index (χ2n) is 5.72. The van der Waals surface area contributed by atoms with E-state index in [1.807, 2.05) is 24.3 Å². The molecule has 2 aromatic rings. The number of nitrogens with zero attached hydrogens (tertiary/aromatic N) is 1. The molecule has 0 saturated carbocycles. The largest absolute Gasteiger partial charge is 0.416 e. The number of thioether (sulfide) groups is 1. The van der Waals surface area contributed by atoms with Crippen LogP contribution in [-0.4, -0.2) is 17.7 Å². The van der Waals surface area contributed by atoms with Crippen molar-refractivity contribution in [3.05, 3.63) is 59.7 Å². The highest BCUT2D eigenvalue weighted by molar-refractivity contribution is 8.00. The summed E-state index contributed by atoms with van der Waals surface area (Å²) in [5.74, 6) is -0.272. The van der Waals surface area contributed by atoms with Crippen molar-refractivity contribution >= 4 is 23.4 Å². The lowest BCUT2D eigenvalue weighted by Crippen LogP contribution is -2.32. The molecule has 2 aromatic carbocycles. The molecule has 0 bridgehead atoms. The zero-order chi connectivity index (χ0) is 17.3. The molecule has 2 nitrogen and oxygen atoms in total. The van der Waals surface area contributed by atoms with Gasteiger partial charge in [-0.1, -0.05) is 19.1 Å². The van der Waals surface area contributed by atoms with Crippen LogP contribution in [-0.2, 0) is 6.18 Å². The number of hydrogen-bond acceptors (Lipinski definition) is 2. The van der Waals surface area contributed by atoms with Gasteiger partial charge < -0.3 is 4.90 Å². The lowest BCUT2D eigenvalue weighted by Gasteiger charge is -2.22. The SMILES string of the molecule is C[C@H]1CCN(C(=O)c2ccc(C(F)(F)F)cc2)c2ccccc2S1. The number of anilines is 1. The molecule has 1 amide bonds. The normalized spacial score (nSPS) is 18.0. The second-order valence-corrected chi connectivity index (χ2v) is 7.20. The van der Waals surface area contributed by atoms with E-state index in [9.17, 15) is 18.0 Å². The Morgan fingerprint density at radius 1 is 1.12 bits per heavy atom. The molecule has 0 radical (unpaired) electrons. The first-order valence-electron chi connectivity index (χ1n) is 7.61. The summed E-state index contributed by atoms with van der Waals surface area (Å²) in [5.41, 5.74) is 0.327. The van der Waals surface area contributed by atoms with E-state index in [1.165, 1.54) is 12.1 Å². The van der Waals surface area contributed by atoms with Gasteiger partial charge in [0, 0.05) is 22.3 Å². The molecule has 3 rings (SSSR count). The Balaban J connectivity index is 1.92. The summed E-state index contributed by atoms with van der Waals surface area (Å²) >= 11 is 1.71. The maximum absolute atomic E-state index is 12.8. The monoisotopic (exact) mass is 351 g/mol. The van der Waals surface area contributed by atoms with Gasteiger partial charge in [-0.05, 0) is 42.8 Å². The van der Waals surface area contributed by atoms with E-state index in [0.29, 0.717) is 11.8 Å². The number of benzene rings is 2. The number of rotatable bonds is 1. The minimum absolute atomic E-state index is 0.261. The highest BCUT2D eigenvalue weighted by Crippen LogP contribution is 2.38. The van der Waals surface area contributed by atoms with E-state index in [2.05, 4.69) is 6.92 Å². The number of carbonyl (C=O) groups is 1. The number of hydrogen-bond donors (Lipinski definition) is 0. The van der Waals surface area contributed by atoms with Gasteiger partial charge in [0.15, 0.2) is 0 Å². The first-order chi connectivity index (χ1) is 11.4. The average Bonchev–Trinajstić information content (AvgIpc) is 2.72. The smallest absolute Gasteiger partial charge is 0.307 e. The van der Waals surface area contributed by atoms with Crippen LogP contribution in [0.5, 0.6) is 0 Å². The number of fused-ring (bicyclic) bond motifs is 1. The van der Waals surface area contributed by atoms with E-state index in [0.717, 1.165) is 29.1 Å². The average molecular weight is 351 g/mol. The summed E-state index contributed by atoms with van der Waals surface area (Å²) in [4.78, 5) is 15.5. The molecule has 0 spiro atoms. The van der Waals surface area contributed by atoms with E-state index < -0.39 is 11.7 Å². The topological polar surface area (TPSA) is 20.3 Å². The molecule has 0 aromatic heterocycles. The molecular weight excluding hydrogens is 335 g/mol. The maximum atomic E-state index is 12.8. The van der Waals surface area contributed by atoms with Gasteiger partial charge >= 0.3 is 6.18 Å². The Morgan fingerprint density at radius 2 is 1.79 bits per heavy atom. The van der Waals surface area contributed by atoms with Crippen molar-refractivity contribution in [2.24, 2.45) is 0 Å². The minimum Gasteiger partial charge on any atom is -0.307 e. The summed E-state index contributed by atoms with van der Waals surface area (Å²) in [7, 11) is 0. The Hall–Kier alpha value is -1.95. The quantitative estimate of drug-likeness (QED) is 0.701. The van der Waals surface area contributed by atoms with E-state index in [1.54, 1.807) is 16.7 Å². The van der Waals surface area contributed by atoms with E-state index >= 15 is 0 Å². The van der Waals surface area contributed by atoms with Crippen LogP contribution < -0.4 is 4.90 Å². The number of alkyl halides is 3. The third-order valence-corrected chi connectivity index (χ3v) is 5.18. The molecule has 126 valence electrons. The van der Waals surface area contributed by atoms with Crippen molar-refractivity contribution in [1.29, 1.82) is 0 Å². The van der Waals surface area contributed by atoms with Crippen LogP contribution in [0.2, 0.25) is 0 Å². The summed E-state index contributed by atoms with van der Waals surface area (Å²) in [6, 6.07) is 12.0. The molecule has 1 atom stereocenters. The maximum Gasteiger partial charge on any atom is 0.416 e. The van der Waals surface area contributed by atoms with Gasteiger partial charge in [-0.2, -0.15) is 13.2 Å². The highest BCUT2D eigenvalue weighted by atomic mass is 32.2. The zero-order valence-electron chi connectivity index (χ0n) is 13.0. The summed E-state index contributed by atoms with van der Waals surface area (Å²) in [6.45, 7) is 2.65. The minimum atomic E-state index is -4.40. The lowest BCUT2D eigenvalue weighted by atomic mass is 10.1. The Labute approximate surface area is 142 Å². The summed E-state index contributed by atoms with van der Waals surface area (Å²) in [5, 5.41) is 0.372. The molecule has 1 aliphatic heterocycles. The Kier molecular flexibility index (Phi) is 4.58. The third-order valence-electron chi connectivity index (χ3n) is 3.95. The van der Waals surface area contributed by atoms with Crippen LogP contribution in [0.15, 0.2) is 53.4 Å². The van der Waals surface area contributed by atoms with Crippen LogP contribution in [0, 0.1) is 0 Å². The van der Waals surface area contributed by atoms with Crippen LogP contribution in [0.25, 0.3) is 0 Å². The van der Waals surface area contributed by atoms with Gasteiger partial charge in [0.05, 0.1) is 11.3 Å². The third kappa shape index (κ3) is 3.43. The highest BCUT2D eigenvalue weighted by Gasteiger charge is 2.31. The number of carbonyl (C=O) groups excluding carboxylic acids is 1. The number of para-hydroxylation sites is 1. The van der Waals surface area contributed by atoms with Crippen molar-refractivity contribution in [3.63, 3.8) is 0 Å². The predicted molar refractivity (Wildman–Crippen MR) is 89.5 cm³/mol. The van der Waals surface area contributed by atoms with E-state index in [4.69, 9.17) is 0 Å². The lowest BCUT2D eigenvalue weighted by molar-refractivity contribution is -0.137. The van der Waals surface area contributed by atoms with Crippen molar-refractivity contribution in [3.8, 4) is 0 Å². The fourth-order valence-corrected chi connectivity index (χ4v) is 3.77.